The van der Waals surface area contributed by atoms with Crippen LogP contribution >= 0.6 is 11.3 Å². The van der Waals surface area contributed by atoms with Gasteiger partial charge in [-0.1, -0.05) is 6.07 Å². The van der Waals surface area contributed by atoms with Crippen molar-refractivity contribution < 1.29 is 4.74 Å². The fourth-order valence-electron chi connectivity index (χ4n) is 3.33. The summed E-state index contributed by atoms with van der Waals surface area (Å²) >= 11 is 1.92. The molecular formula is C16H26N2OS. The molecule has 3 nitrogen and oxygen atoms in total. The van der Waals surface area contributed by atoms with Crippen molar-refractivity contribution in [1.82, 2.24) is 10.2 Å². The molecular weight excluding hydrogens is 268 g/mol. The molecule has 2 atom stereocenters. The smallest absolute Gasteiger partial charge is 0.0589 e. The molecule has 0 aromatic carbocycles. The number of nitrogens with zero attached hydrogens (tertiary/aromatic N) is 1. The topological polar surface area (TPSA) is 24.5 Å². The van der Waals surface area contributed by atoms with Crippen molar-refractivity contribution in [2.24, 2.45) is 5.92 Å². The lowest BCUT2D eigenvalue weighted by Crippen LogP contribution is -2.41. The number of rotatable bonds is 8. The SMILES string of the molecule is COCCN(CC1CCCN1)C(c1cccs1)C1CC1. The fourth-order valence-corrected chi connectivity index (χ4v) is 4.28. The van der Waals surface area contributed by atoms with Gasteiger partial charge in [0.1, 0.15) is 0 Å². The third kappa shape index (κ3) is 3.61. The van der Waals surface area contributed by atoms with Gasteiger partial charge in [0, 0.05) is 37.2 Å². The fraction of sp³-hybridized carbons (Fsp3) is 0.750. The molecule has 2 unspecified atom stereocenters. The highest BCUT2D eigenvalue weighted by molar-refractivity contribution is 7.10. The number of methoxy groups -OCH3 is 1. The molecule has 1 saturated heterocycles. The second-order valence-electron chi connectivity index (χ2n) is 6.08. The molecule has 0 amide bonds. The Morgan fingerprint density at radius 3 is 2.95 bits per heavy atom. The zero-order valence-electron chi connectivity index (χ0n) is 12.4. The summed E-state index contributed by atoms with van der Waals surface area (Å²) in [6.45, 7) is 4.24. The minimum absolute atomic E-state index is 0.618. The molecule has 3 rings (SSSR count). The minimum Gasteiger partial charge on any atom is -0.383 e. The van der Waals surface area contributed by atoms with Crippen molar-refractivity contribution in [3.63, 3.8) is 0 Å². The zero-order chi connectivity index (χ0) is 13.8. The molecule has 1 aromatic rings. The number of nitrogens with one attached hydrogen (secondary N) is 1. The van der Waals surface area contributed by atoms with Crippen LogP contribution < -0.4 is 5.32 Å². The van der Waals surface area contributed by atoms with E-state index in [1.807, 2.05) is 18.4 Å². The predicted octanol–water partition coefficient (Wildman–Crippen LogP) is 2.90. The maximum absolute atomic E-state index is 5.35. The van der Waals surface area contributed by atoms with Crippen molar-refractivity contribution in [2.75, 3.05) is 33.4 Å². The van der Waals surface area contributed by atoms with Gasteiger partial charge in [-0.15, -0.1) is 11.3 Å². The monoisotopic (exact) mass is 294 g/mol. The van der Waals surface area contributed by atoms with E-state index in [1.165, 1.54) is 38.8 Å². The van der Waals surface area contributed by atoms with Crippen LogP contribution in [0, 0.1) is 5.92 Å². The summed E-state index contributed by atoms with van der Waals surface area (Å²) in [5.74, 6) is 0.868. The summed E-state index contributed by atoms with van der Waals surface area (Å²) in [7, 11) is 1.81. The van der Waals surface area contributed by atoms with E-state index in [0.29, 0.717) is 12.1 Å². The average molecular weight is 294 g/mol. The maximum atomic E-state index is 5.35. The molecule has 1 aliphatic heterocycles. The van der Waals surface area contributed by atoms with E-state index in [1.54, 1.807) is 4.88 Å². The third-order valence-electron chi connectivity index (χ3n) is 4.50. The summed E-state index contributed by atoms with van der Waals surface area (Å²) < 4.78 is 5.35. The lowest BCUT2D eigenvalue weighted by atomic mass is 10.1. The van der Waals surface area contributed by atoms with Gasteiger partial charge in [0.2, 0.25) is 0 Å². The average Bonchev–Trinajstić information content (AvgIpc) is 2.94. The highest BCUT2D eigenvalue weighted by Crippen LogP contribution is 2.45. The normalized spacial score (nSPS) is 24.4. The van der Waals surface area contributed by atoms with Crippen molar-refractivity contribution in [1.29, 1.82) is 0 Å². The Morgan fingerprint density at radius 1 is 1.45 bits per heavy atom. The van der Waals surface area contributed by atoms with Crippen LogP contribution in [-0.2, 0) is 4.74 Å². The molecule has 1 saturated carbocycles. The summed E-state index contributed by atoms with van der Waals surface area (Å²) in [6, 6.07) is 5.80. The Labute approximate surface area is 126 Å². The highest BCUT2D eigenvalue weighted by atomic mass is 32.1. The van der Waals surface area contributed by atoms with E-state index >= 15 is 0 Å². The van der Waals surface area contributed by atoms with Crippen LogP contribution in [0.1, 0.15) is 36.6 Å². The number of thiophene rings is 1. The van der Waals surface area contributed by atoms with Crippen LogP contribution in [-0.4, -0.2) is 44.3 Å². The summed E-state index contributed by atoms with van der Waals surface area (Å²) in [5, 5.41) is 5.86. The molecule has 2 aliphatic rings. The highest BCUT2D eigenvalue weighted by Gasteiger charge is 2.37. The Balaban J connectivity index is 1.70. The van der Waals surface area contributed by atoms with E-state index in [4.69, 9.17) is 4.74 Å². The molecule has 0 bridgehead atoms. The number of ether oxygens (including phenoxy) is 1. The molecule has 4 heteroatoms. The predicted molar refractivity (Wildman–Crippen MR) is 84.3 cm³/mol. The number of hydrogen-bond donors (Lipinski definition) is 1. The molecule has 20 heavy (non-hydrogen) atoms. The minimum atomic E-state index is 0.618. The first kappa shape index (κ1) is 14.5. The lowest BCUT2D eigenvalue weighted by molar-refractivity contribution is 0.104. The van der Waals surface area contributed by atoms with E-state index in [0.717, 1.165) is 19.1 Å². The van der Waals surface area contributed by atoms with E-state index in [-0.39, 0.29) is 0 Å². The lowest BCUT2D eigenvalue weighted by Gasteiger charge is -2.33. The van der Waals surface area contributed by atoms with Gasteiger partial charge in [-0.25, -0.2) is 0 Å². The molecule has 2 fully saturated rings. The summed E-state index contributed by atoms with van der Waals surface area (Å²) in [4.78, 5) is 4.22. The van der Waals surface area contributed by atoms with Crippen LogP contribution in [0.5, 0.6) is 0 Å². The quantitative estimate of drug-likeness (QED) is 0.798. The standard InChI is InChI=1S/C16H26N2OS/c1-19-10-9-18(12-14-4-2-8-17-14)16(13-6-7-13)15-5-3-11-20-15/h3,5,11,13-14,16-17H,2,4,6-10,12H2,1H3. The van der Waals surface area contributed by atoms with Crippen LogP contribution in [0.25, 0.3) is 0 Å². The first-order valence-electron chi connectivity index (χ1n) is 7.88. The van der Waals surface area contributed by atoms with Gasteiger partial charge in [0.15, 0.2) is 0 Å². The molecule has 1 N–H and O–H groups in total. The Hall–Kier alpha value is -0.420. The van der Waals surface area contributed by atoms with Crippen LogP contribution in [0.4, 0.5) is 0 Å². The van der Waals surface area contributed by atoms with Crippen LogP contribution in [0.15, 0.2) is 17.5 Å². The first-order valence-corrected chi connectivity index (χ1v) is 8.76. The van der Waals surface area contributed by atoms with Gasteiger partial charge in [-0.3, -0.25) is 4.90 Å². The van der Waals surface area contributed by atoms with Crippen molar-refractivity contribution in [3.8, 4) is 0 Å². The van der Waals surface area contributed by atoms with Gasteiger partial charge in [0.05, 0.1) is 6.61 Å². The second-order valence-corrected chi connectivity index (χ2v) is 7.06. The van der Waals surface area contributed by atoms with E-state index in [9.17, 15) is 0 Å². The van der Waals surface area contributed by atoms with E-state index < -0.39 is 0 Å². The van der Waals surface area contributed by atoms with Gasteiger partial charge in [-0.05, 0) is 49.6 Å². The Morgan fingerprint density at radius 2 is 2.35 bits per heavy atom. The Kier molecular flexibility index (Phi) is 5.10. The largest absolute Gasteiger partial charge is 0.383 e. The second kappa shape index (κ2) is 7.03. The maximum Gasteiger partial charge on any atom is 0.0589 e. The molecule has 112 valence electrons. The molecule has 1 aromatic heterocycles. The van der Waals surface area contributed by atoms with Gasteiger partial charge in [-0.2, -0.15) is 0 Å². The molecule has 0 spiro atoms. The summed E-state index contributed by atoms with van der Waals surface area (Å²) in [6.07, 6.45) is 5.44. The van der Waals surface area contributed by atoms with E-state index in [2.05, 4.69) is 27.7 Å². The zero-order valence-corrected chi connectivity index (χ0v) is 13.2. The number of hydrogen-bond acceptors (Lipinski definition) is 4. The van der Waals surface area contributed by atoms with Gasteiger partial charge < -0.3 is 10.1 Å². The van der Waals surface area contributed by atoms with Crippen LogP contribution in [0.3, 0.4) is 0 Å². The first-order chi connectivity index (χ1) is 9.88. The third-order valence-corrected chi connectivity index (χ3v) is 5.44. The van der Waals surface area contributed by atoms with Crippen LogP contribution in [0.2, 0.25) is 0 Å². The Bertz CT molecular complexity index is 385. The van der Waals surface area contributed by atoms with Gasteiger partial charge in [0.25, 0.3) is 0 Å². The summed E-state index contributed by atoms with van der Waals surface area (Å²) in [5.41, 5.74) is 0. The van der Waals surface area contributed by atoms with Crippen molar-refractivity contribution in [3.05, 3.63) is 22.4 Å². The molecule has 0 radical (unpaired) electrons. The van der Waals surface area contributed by atoms with Gasteiger partial charge >= 0.3 is 0 Å². The van der Waals surface area contributed by atoms with Crippen molar-refractivity contribution >= 4 is 11.3 Å². The van der Waals surface area contributed by atoms with Crippen molar-refractivity contribution in [2.45, 2.75) is 37.8 Å². The molecule has 2 heterocycles. The molecule has 1 aliphatic carbocycles.